The molecule has 0 bridgehead atoms. The Kier molecular flexibility index (Phi) is 6.01. The molecule has 0 aliphatic carbocycles. The smallest absolute Gasteiger partial charge is 0.308 e. The van der Waals surface area contributed by atoms with E-state index in [0.29, 0.717) is 58.1 Å². The number of hydrogen-bond acceptors (Lipinski definition) is 0. The number of fused-ring (bicyclic) bond motifs is 1. The van der Waals surface area contributed by atoms with Crippen molar-refractivity contribution in [1.82, 2.24) is 9.13 Å². The summed E-state index contributed by atoms with van der Waals surface area (Å²) in [5.41, 5.74) is 4.86. The Hall–Kier alpha value is -4.30. The van der Waals surface area contributed by atoms with E-state index in [0.717, 1.165) is 35.4 Å². The second-order valence-corrected chi connectivity index (χ2v) is 16.0. The maximum absolute atomic E-state index is 13.5. The lowest BCUT2D eigenvalue weighted by molar-refractivity contribution is 0.360. The van der Waals surface area contributed by atoms with E-state index in [1.54, 1.807) is 69.8 Å². The number of halogens is 10. The van der Waals surface area contributed by atoms with E-state index in [9.17, 15) is 38.9 Å². The van der Waals surface area contributed by atoms with E-state index in [1.807, 2.05) is 13.8 Å². The number of benzene rings is 4. The molecule has 0 amide bonds. The summed E-state index contributed by atoms with van der Waals surface area (Å²) in [6.45, 7) is 3.69. The van der Waals surface area contributed by atoms with Gasteiger partial charge in [-0.25, -0.2) is 0 Å². The fourth-order valence-electron chi connectivity index (χ4n) is 5.29. The summed E-state index contributed by atoms with van der Waals surface area (Å²) >= 11 is 0. The number of aromatic nitrogens is 2. The van der Waals surface area contributed by atoms with Gasteiger partial charge in [0.05, 0.1) is 22.4 Å². The van der Waals surface area contributed by atoms with Crippen molar-refractivity contribution in [2.75, 3.05) is 0 Å². The second kappa shape index (κ2) is 8.73. The van der Waals surface area contributed by atoms with Crippen LogP contribution in [-0.2, 0) is 0 Å². The van der Waals surface area contributed by atoms with Gasteiger partial charge in [-0.3, -0.25) is 0 Å². The maximum atomic E-state index is 13.5. The van der Waals surface area contributed by atoms with Gasteiger partial charge in [-0.1, -0.05) is 98.5 Å². The zero-order valence-corrected chi connectivity index (χ0v) is 25.5. The Morgan fingerprint density at radius 2 is 0.674 bits per heavy atom. The molecule has 0 aliphatic heterocycles. The third-order valence-electron chi connectivity index (χ3n) is 7.55. The van der Waals surface area contributed by atoms with Crippen LogP contribution in [0, 0.1) is 13.8 Å². The molecule has 0 N–H and O–H groups in total. The van der Waals surface area contributed by atoms with E-state index in [1.165, 1.54) is 0 Å². The first kappa shape index (κ1) is 31.7. The molecule has 4 aromatic carbocycles. The predicted octanol–water partition coefficient (Wildman–Crippen LogP) is 13.7. The van der Waals surface area contributed by atoms with Gasteiger partial charge in [-0.2, -0.15) is 0 Å². The fraction of sp³-hybridized carbons (Fsp3) is 0.0625. The van der Waals surface area contributed by atoms with Crippen LogP contribution in [0.2, 0.25) is 0 Å². The lowest BCUT2D eigenvalue weighted by atomic mass is 10.1. The molecule has 0 fully saturated rings. The van der Waals surface area contributed by atoms with Crippen LogP contribution in [0.15, 0.2) is 119 Å². The molecular weight excluding hydrogens is 666 g/mol. The van der Waals surface area contributed by atoms with Gasteiger partial charge < -0.3 is 9.13 Å². The van der Waals surface area contributed by atoms with Gasteiger partial charge in [0.1, 0.15) is 9.79 Å². The van der Waals surface area contributed by atoms with Crippen molar-refractivity contribution >= 4 is 31.5 Å². The molecule has 6 rings (SSSR count). The summed E-state index contributed by atoms with van der Waals surface area (Å²) in [6.07, 6.45) is 0. The van der Waals surface area contributed by atoms with Crippen LogP contribution >= 0.6 is 20.4 Å². The Labute approximate surface area is 257 Å². The molecule has 0 atom stereocenters. The minimum Gasteiger partial charge on any atom is -0.308 e. The Morgan fingerprint density at radius 1 is 0.391 bits per heavy atom. The molecule has 0 saturated carbocycles. The summed E-state index contributed by atoms with van der Waals surface area (Å²) < 4.78 is 138. The highest BCUT2D eigenvalue weighted by Gasteiger charge is 2.66. The SMILES string of the molecule is Cc1ccc(-n2c(-c3ccc(S(F)(F)(F)(F)F)cc3)cc3c2cc(-c2ccc(S(F)(F)(F)(F)F)cc2)n3-c2ccc(C)cc2)cc1. The molecule has 14 heteroatoms. The summed E-state index contributed by atoms with van der Waals surface area (Å²) in [7, 11) is -19.9. The lowest BCUT2D eigenvalue weighted by Crippen LogP contribution is -2.05. The molecule has 0 radical (unpaired) electrons. The highest BCUT2D eigenvalue weighted by atomic mass is 32.5. The van der Waals surface area contributed by atoms with E-state index in [-0.39, 0.29) is 11.1 Å². The first-order chi connectivity index (χ1) is 20.9. The van der Waals surface area contributed by atoms with Crippen LogP contribution in [-0.4, -0.2) is 9.13 Å². The first-order valence-corrected chi connectivity index (χ1v) is 17.4. The second-order valence-electron chi connectivity index (χ2n) is 11.2. The monoisotopic (exact) mass is 690 g/mol. The largest absolute Gasteiger partial charge is 0.310 e. The van der Waals surface area contributed by atoms with Crippen LogP contribution in [0.1, 0.15) is 11.1 Å². The van der Waals surface area contributed by atoms with Crippen LogP contribution in [0.4, 0.5) is 38.9 Å². The van der Waals surface area contributed by atoms with Crippen molar-refractivity contribution in [1.29, 1.82) is 0 Å². The molecule has 244 valence electrons. The van der Waals surface area contributed by atoms with Crippen LogP contribution < -0.4 is 0 Å². The van der Waals surface area contributed by atoms with Crippen LogP contribution in [0.3, 0.4) is 0 Å². The summed E-state index contributed by atoms with van der Waals surface area (Å²) in [4.78, 5) is -4.08. The van der Waals surface area contributed by atoms with Gasteiger partial charge in [0.2, 0.25) is 0 Å². The minimum absolute atomic E-state index is 0.180. The maximum Gasteiger partial charge on any atom is 0.310 e. The zero-order chi connectivity index (χ0) is 33.6. The Balaban J connectivity index is 1.64. The average Bonchev–Trinajstić information content (AvgIpc) is 3.48. The fourth-order valence-corrected chi connectivity index (χ4v) is 6.59. The van der Waals surface area contributed by atoms with Gasteiger partial charge in [0.15, 0.2) is 0 Å². The summed E-state index contributed by atoms with van der Waals surface area (Å²) in [5, 5.41) is 0. The highest BCUT2D eigenvalue weighted by Crippen LogP contribution is 3.02. The minimum atomic E-state index is -9.93. The van der Waals surface area contributed by atoms with Crippen molar-refractivity contribution in [2.24, 2.45) is 0 Å². The zero-order valence-electron chi connectivity index (χ0n) is 23.9. The van der Waals surface area contributed by atoms with E-state index >= 15 is 0 Å². The van der Waals surface area contributed by atoms with E-state index < -0.39 is 30.2 Å². The Morgan fingerprint density at radius 3 is 0.935 bits per heavy atom. The highest BCUT2D eigenvalue weighted by molar-refractivity contribution is 8.46. The molecular formula is C32H24F10N2S2. The quantitative estimate of drug-likeness (QED) is 0.154. The van der Waals surface area contributed by atoms with Crippen molar-refractivity contribution < 1.29 is 38.9 Å². The van der Waals surface area contributed by atoms with Gasteiger partial charge in [0, 0.05) is 11.4 Å². The number of hydrogen-bond donors (Lipinski definition) is 0. The summed E-state index contributed by atoms with van der Waals surface area (Å²) in [6, 6.07) is 22.5. The van der Waals surface area contributed by atoms with Crippen molar-refractivity contribution in [2.45, 2.75) is 23.6 Å². The third kappa shape index (κ3) is 5.98. The molecule has 0 saturated heterocycles. The normalized spacial score (nSPS) is 15.7. The topological polar surface area (TPSA) is 9.86 Å². The van der Waals surface area contributed by atoms with Crippen molar-refractivity contribution in [3.63, 3.8) is 0 Å². The molecule has 6 aromatic rings. The van der Waals surface area contributed by atoms with Crippen LogP contribution in [0.25, 0.3) is 44.9 Å². The van der Waals surface area contributed by atoms with E-state index in [4.69, 9.17) is 0 Å². The lowest BCUT2D eigenvalue weighted by Gasteiger charge is -2.40. The van der Waals surface area contributed by atoms with Gasteiger partial charge in [0.25, 0.3) is 0 Å². The number of nitrogens with zero attached hydrogens (tertiary/aromatic N) is 2. The van der Waals surface area contributed by atoms with Crippen molar-refractivity contribution in [3.8, 4) is 33.9 Å². The molecule has 0 unspecified atom stereocenters. The molecule has 2 nitrogen and oxygen atoms in total. The predicted molar refractivity (Wildman–Crippen MR) is 166 cm³/mol. The standard InChI is InChI=1S/C32H24F10N2S2/c1-21-3-11-25(12-4-21)43-29(23-7-15-27(16-8-23)45(33,34,35,36)37)19-32-31(43)20-30(44(32)26-13-5-22(2)6-14-26)24-9-17-28(18-10-24)46(38,39,40,41)42/h3-20H,1-2H3. The average molecular weight is 691 g/mol. The molecule has 0 spiro atoms. The molecule has 0 aliphatic rings. The molecule has 2 heterocycles. The molecule has 2 aromatic heterocycles. The van der Waals surface area contributed by atoms with Crippen molar-refractivity contribution in [3.05, 3.63) is 120 Å². The number of rotatable bonds is 6. The van der Waals surface area contributed by atoms with Gasteiger partial charge in [-0.15, -0.1) is 0 Å². The summed E-state index contributed by atoms with van der Waals surface area (Å²) in [5.74, 6) is 0. The number of aryl methyl sites for hydroxylation is 2. The van der Waals surface area contributed by atoms with Gasteiger partial charge >= 0.3 is 20.4 Å². The third-order valence-corrected chi connectivity index (χ3v) is 9.87. The first-order valence-electron chi connectivity index (χ1n) is 13.5. The van der Waals surface area contributed by atoms with E-state index in [2.05, 4.69) is 0 Å². The Bertz CT molecular complexity index is 1970. The molecule has 46 heavy (non-hydrogen) atoms. The van der Waals surface area contributed by atoms with Crippen LogP contribution in [0.5, 0.6) is 0 Å². The van der Waals surface area contributed by atoms with Gasteiger partial charge in [-0.05, 0) is 85.6 Å².